The van der Waals surface area contributed by atoms with E-state index in [1.807, 2.05) is 32.0 Å². The van der Waals surface area contributed by atoms with Crippen LogP contribution in [0.3, 0.4) is 0 Å². The fourth-order valence-electron chi connectivity index (χ4n) is 1.81. The largest absolute Gasteiger partial charge is 0.335 e. The maximum atomic E-state index is 12.2. The molecule has 2 heterocycles. The molecule has 6 nitrogen and oxygen atoms in total. The molecular weight excluding hydrogens is 288 g/mol. The van der Waals surface area contributed by atoms with Gasteiger partial charge in [-0.15, -0.1) is 0 Å². The first-order chi connectivity index (χ1) is 10.1. The van der Waals surface area contributed by atoms with Gasteiger partial charge < -0.3 is 4.90 Å². The third kappa shape index (κ3) is 5.51. The van der Waals surface area contributed by atoms with Crippen molar-refractivity contribution in [2.75, 3.05) is 26.2 Å². The van der Waals surface area contributed by atoms with Gasteiger partial charge in [-0.1, -0.05) is 40.5 Å². The number of carbonyl (C=O) groups is 2. The number of piperazine rings is 1. The Morgan fingerprint density at radius 3 is 2.14 bits per heavy atom. The molecular formula is C14H26N4O2S. The Labute approximate surface area is 132 Å². The Balaban J connectivity index is 0.000000921. The molecule has 7 heteroatoms. The Morgan fingerprint density at radius 2 is 1.71 bits per heavy atom. The number of thiol groups is 1. The van der Waals surface area contributed by atoms with Gasteiger partial charge in [-0.05, 0) is 6.07 Å². The molecule has 21 heavy (non-hydrogen) atoms. The molecule has 0 saturated carbocycles. The van der Waals surface area contributed by atoms with Crippen LogP contribution < -0.4 is 0 Å². The molecule has 0 unspecified atom stereocenters. The molecule has 1 saturated heterocycles. The first-order valence-corrected chi connectivity index (χ1v) is 7.74. The molecule has 1 aliphatic heterocycles. The van der Waals surface area contributed by atoms with E-state index in [1.165, 1.54) is 10.7 Å². The van der Waals surface area contributed by atoms with Crippen LogP contribution >= 0.6 is 12.8 Å². The van der Waals surface area contributed by atoms with E-state index in [9.17, 15) is 9.59 Å². The minimum Gasteiger partial charge on any atom is -0.335 e. The Hall–Kier alpha value is -1.34. The number of amides is 1. The van der Waals surface area contributed by atoms with E-state index in [0.29, 0.717) is 25.1 Å². The van der Waals surface area contributed by atoms with E-state index in [2.05, 4.69) is 17.9 Å². The summed E-state index contributed by atoms with van der Waals surface area (Å²) in [6, 6.07) is 1.52. The summed E-state index contributed by atoms with van der Waals surface area (Å²) in [5.41, 5.74) is 0.725. The number of aryl methyl sites for hydroxylation is 1. The standard InChI is InChI=1S/C10H14N4O2S.2C2H6/c1-12-9(6-8(7-15)11-12)10(16)13-2-4-14(17)5-3-13;2*1-2/h6-7,17H,2-5H2,1H3;2*1-2H3. The number of hydrogen-bond acceptors (Lipinski definition) is 5. The summed E-state index contributed by atoms with van der Waals surface area (Å²) in [6.07, 6.45) is 0.641. The smallest absolute Gasteiger partial charge is 0.272 e. The van der Waals surface area contributed by atoms with Crippen molar-refractivity contribution in [1.82, 2.24) is 19.0 Å². The number of nitrogens with zero attached hydrogens (tertiary/aromatic N) is 4. The molecule has 1 aromatic rings. The molecule has 0 spiro atoms. The van der Waals surface area contributed by atoms with E-state index >= 15 is 0 Å². The Kier molecular flexibility index (Phi) is 9.73. The van der Waals surface area contributed by atoms with Crippen molar-refractivity contribution in [1.29, 1.82) is 0 Å². The highest BCUT2D eigenvalue weighted by Gasteiger charge is 2.23. The molecule has 1 amide bonds. The quantitative estimate of drug-likeness (QED) is 0.669. The van der Waals surface area contributed by atoms with Gasteiger partial charge in [-0.25, -0.2) is 4.31 Å². The predicted octanol–water partition coefficient (Wildman–Crippen LogP) is 1.89. The van der Waals surface area contributed by atoms with Crippen molar-refractivity contribution in [2.45, 2.75) is 27.7 Å². The zero-order chi connectivity index (χ0) is 16.4. The van der Waals surface area contributed by atoms with E-state index in [4.69, 9.17) is 0 Å². The molecule has 120 valence electrons. The second-order valence-corrected chi connectivity index (χ2v) is 4.51. The van der Waals surface area contributed by atoms with Gasteiger partial charge in [-0.3, -0.25) is 14.3 Å². The van der Waals surface area contributed by atoms with Crippen LogP contribution in [0.4, 0.5) is 0 Å². The first kappa shape index (κ1) is 19.7. The monoisotopic (exact) mass is 314 g/mol. The molecule has 0 N–H and O–H groups in total. The van der Waals surface area contributed by atoms with Crippen LogP contribution in [0, 0.1) is 0 Å². The van der Waals surface area contributed by atoms with Crippen LogP contribution in [0.1, 0.15) is 48.7 Å². The van der Waals surface area contributed by atoms with Gasteiger partial charge >= 0.3 is 0 Å². The normalized spacial score (nSPS) is 14.5. The number of rotatable bonds is 2. The Morgan fingerprint density at radius 1 is 1.19 bits per heavy atom. The van der Waals surface area contributed by atoms with Crippen molar-refractivity contribution < 1.29 is 9.59 Å². The van der Waals surface area contributed by atoms with E-state index in [0.717, 1.165) is 13.1 Å². The highest BCUT2D eigenvalue weighted by atomic mass is 32.1. The van der Waals surface area contributed by atoms with Crippen molar-refractivity contribution in [2.24, 2.45) is 7.05 Å². The second kappa shape index (κ2) is 10.4. The fourth-order valence-corrected chi connectivity index (χ4v) is 1.99. The van der Waals surface area contributed by atoms with Gasteiger partial charge in [-0.2, -0.15) is 5.10 Å². The Bertz CT molecular complexity index is 440. The van der Waals surface area contributed by atoms with Gasteiger partial charge in [0.25, 0.3) is 5.91 Å². The lowest BCUT2D eigenvalue weighted by Gasteiger charge is -2.31. The van der Waals surface area contributed by atoms with Crippen LogP contribution in [-0.4, -0.2) is 57.4 Å². The number of carbonyl (C=O) groups excluding carboxylic acids is 2. The summed E-state index contributed by atoms with van der Waals surface area (Å²) in [4.78, 5) is 24.5. The first-order valence-electron chi connectivity index (χ1n) is 7.34. The van der Waals surface area contributed by atoms with Crippen molar-refractivity contribution in [3.63, 3.8) is 0 Å². The topological polar surface area (TPSA) is 58.4 Å². The van der Waals surface area contributed by atoms with Crippen LogP contribution in [0.5, 0.6) is 0 Å². The molecule has 1 fully saturated rings. The maximum absolute atomic E-state index is 12.2. The molecule has 1 aromatic heterocycles. The molecule has 0 bridgehead atoms. The minimum atomic E-state index is -0.0884. The van der Waals surface area contributed by atoms with Gasteiger partial charge in [0.2, 0.25) is 0 Å². The third-order valence-corrected chi connectivity index (χ3v) is 3.18. The summed E-state index contributed by atoms with van der Waals surface area (Å²) in [5, 5.41) is 3.94. The van der Waals surface area contributed by atoms with Gasteiger partial charge in [0, 0.05) is 33.2 Å². The summed E-state index contributed by atoms with van der Waals surface area (Å²) in [7, 11) is 1.66. The number of aromatic nitrogens is 2. The number of hydrogen-bond donors (Lipinski definition) is 1. The third-order valence-electron chi connectivity index (χ3n) is 2.78. The summed E-state index contributed by atoms with van der Waals surface area (Å²) in [5.74, 6) is -0.0884. The van der Waals surface area contributed by atoms with Crippen LogP contribution in [0.15, 0.2) is 6.07 Å². The maximum Gasteiger partial charge on any atom is 0.272 e. The molecule has 0 atom stereocenters. The van der Waals surface area contributed by atoms with Gasteiger partial charge in [0.15, 0.2) is 6.29 Å². The average molecular weight is 314 g/mol. The molecule has 0 radical (unpaired) electrons. The predicted molar refractivity (Wildman–Crippen MR) is 87.8 cm³/mol. The lowest BCUT2D eigenvalue weighted by molar-refractivity contribution is 0.0693. The van der Waals surface area contributed by atoms with E-state index in [-0.39, 0.29) is 11.6 Å². The summed E-state index contributed by atoms with van der Waals surface area (Å²) >= 11 is 4.23. The number of aldehydes is 1. The van der Waals surface area contributed by atoms with Gasteiger partial charge in [0.1, 0.15) is 11.4 Å². The lowest BCUT2D eigenvalue weighted by Crippen LogP contribution is -2.46. The highest BCUT2D eigenvalue weighted by molar-refractivity contribution is 7.77. The van der Waals surface area contributed by atoms with Crippen LogP contribution in [-0.2, 0) is 7.05 Å². The van der Waals surface area contributed by atoms with Gasteiger partial charge in [0.05, 0.1) is 0 Å². The van der Waals surface area contributed by atoms with Crippen molar-refractivity contribution in [3.8, 4) is 0 Å². The zero-order valence-electron chi connectivity index (χ0n) is 13.5. The molecule has 2 rings (SSSR count). The van der Waals surface area contributed by atoms with Crippen molar-refractivity contribution in [3.05, 3.63) is 17.5 Å². The molecule has 1 aliphatic rings. The van der Waals surface area contributed by atoms with E-state index < -0.39 is 0 Å². The van der Waals surface area contributed by atoms with Crippen LogP contribution in [0.2, 0.25) is 0 Å². The average Bonchev–Trinajstić information content (AvgIpc) is 2.92. The lowest BCUT2D eigenvalue weighted by atomic mass is 10.3. The van der Waals surface area contributed by atoms with Crippen LogP contribution in [0.25, 0.3) is 0 Å². The minimum absolute atomic E-state index is 0.0884. The zero-order valence-corrected chi connectivity index (χ0v) is 14.4. The molecule has 0 aromatic carbocycles. The fraction of sp³-hybridized carbons (Fsp3) is 0.643. The second-order valence-electron chi connectivity index (χ2n) is 3.94. The SMILES string of the molecule is CC.CC.Cn1nc(C=O)cc1C(=O)N1CCN(S)CC1. The molecule has 0 aliphatic carbocycles. The summed E-state index contributed by atoms with van der Waals surface area (Å²) in [6.45, 7) is 10.8. The van der Waals surface area contributed by atoms with E-state index in [1.54, 1.807) is 11.9 Å². The van der Waals surface area contributed by atoms with Crippen molar-refractivity contribution >= 4 is 25.0 Å². The highest BCUT2D eigenvalue weighted by Crippen LogP contribution is 2.10. The summed E-state index contributed by atoms with van der Waals surface area (Å²) < 4.78 is 3.32.